The summed E-state index contributed by atoms with van der Waals surface area (Å²) < 4.78 is 8.30. The van der Waals surface area contributed by atoms with Crippen molar-refractivity contribution in [1.82, 2.24) is 15.3 Å². The summed E-state index contributed by atoms with van der Waals surface area (Å²) in [5.41, 5.74) is 1.96. The molecule has 3 rings (SSSR count). The molecule has 1 N–H and O–H groups in total. The molecule has 4 heteroatoms. The third kappa shape index (κ3) is 1.67. The van der Waals surface area contributed by atoms with E-state index in [1.165, 1.54) is 0 Å². The fourth-order valence-electron chi connectivity index (χ4n) is 2.66. The van der Waals surface area contributed by atoms with Crippen LogP contribution in [-0.4, -0.2) is 36.1 Å². The van der Waals surface area contributed by atoms with Crippen LogP contribution in [0.1, 0.15) is 12.8 Å². The zero-order chi connectivity index (χ0) is 12.0. The quantitative estimate of drug-likeness (QED) is 0.756. The molecule has 0 aromatic carbocycles. The van der Waals surface area contributed by atoms with Gasteiger partial charge in [0.25, 0.3) is 0 Å². The second kappa shape index (κ2) is 3.70. The van der Waals surface area contributed by atoms with Gasteiger partial charge in [-0.05, 0) is 31.7 Å². The SMILES string of the molecule is [2H]C1C2CNCC2CN1c1nc(C)cc(C)n1. The molecule has 2 aliphatic heterocycles. The van der Waals surface area contributed by atoms with E-state index in [0.29, 0.717) is 11.8 Å². The summed E-state index contributed by atoms with van der Waals surface area (Å²) in [7, 11) is 0. The lowest BCUT2D eigenvalue weighted by atomic mass is 10.0. The highest BCUT2D eigenvalue weighted by Gasteiger charge is 2.37. The van der Waals surface area contributed by atoms with Crippen molar-refractivity contribution in [3.8, 4) is 0 Å². The normalized spacial score (nSPS) is 34.0. The minimum absolute atomic E-state index is 0.198. The van der Waals surface area contributed by atoms with E-state index in [4.69, 9.17) is 1.37 Å². The van der Waals surface area contributed by atoms with Gasteiger partial charge in [-0.1, -0.05) is 0 Å². The molecule has 0 bridgehead atoms. The summed E-state index contributed by atoms with van der Waals surface area (Å²) in [6.45, 7) is 6.66. The van der Waals surface area contributed by atoms with Crippen LogP contribution in [0.2, 0.25) is 0 Å². The number of anilines is 1. The van der Waals surface area contributed by atoms with Gasteiger partial charge in [0.05, 0.1) is 0 Å². The summed E-state index contributed by atoms with van der Waals surface area (Å²) in [6, 6.07) is 1.97. The molecule has 2 fully saturated rings. The molecule has 0 amide bonds. The van der Waals surface area contributed by atoms with E-state index >= 15 is 0 Å². The summed E-state index contributed by atoms with van der Waals surface area (Å²) in [6.07, 6.45) is 0. The zero-order valence-corrected chi connectivity index (χ0v) is 9.77. The van der Waals surface area contributed by atoms with Crippen molar-refractivity contribution in [3.63, 3.8) is 0 Å². The Balaban J connectivity index is 1.89. The molecule has 2 saturated heterocycles. The third-order valence-corrected chi connectivity index (χ3v) is 3.42. The van der Waals surface area contributed by atoms with Crippen molar-refractivity contribution in [2.24, 2.45) is 11.8 Å². The highest BCUT2D eigenvalue weighted by atomic mass is 15.3. The molecule has 3 unspecified atom stereocenters. The molecule has 4 nitrogen and oxygen atoms in total. The lowest BCUT2D eigenvalue weighted by molar-refractivity contribution is 0.533. The Kier molecular flexibility index (Phi) is 2.06. The van der Waals surface area contributed by atoms with Crippen molar-refractivity contribution in [2.45, 2.75) is 13.8 Å². The number of nitrogens with zero attached hydrogens (tertiary/aromatic N) is 3. The molecule has 3 atom stereocenters. The van der Waals surface area contributed by atoms with E-state index in [0.717, 1.165) is 37.0 Å². The Labute approximate surface area is 97.5 Å². The smallest absolute Gasteiger partial charge is 0.225 e. The van der Waals surface area contributed by atoms with E-state index in [1.807, 2.05) is 19.9 Å². The zero-order valence-electron chi connectivity index (χ0n) is 10.8. The predicted molar refractivity (Wildman–Crippen MR) is 63.6 cm³/mol. The Hall–Kier alpha value is -1.16. The number of aryl methyl sites for hydroxylation is 2. The Morgan fingerprint density at radius 2 is 2.00 bits per heavy atom. The highest BCUT2D eigenvalue weighted by Crippen LogP contribution is 2.28. The number of fused-ring (bicyclic) bond motifs is 1. The molecular formula is C12H18N4. The van der Waals surface area contributed by atoms with Gasteiger partial charge in [-0.15, -0.1) is 0 Å². The molecule has 2 aliphatic rings. The van der Waals surface area contributed by atoms with Gasteiger partial charge in [-0.25, -0.2) is 9.97 Å². The molecule has 0 spiro atoms. The second-order valence-corrected chi connectivity index (χ2v) is 4.83. The van der Waals surface area contributed by atoms with Crippen LogP contribution >= 0.6 is 0 Å². The van der Waals surface area contributed by atoms with E-state index in [-0.39, 0.29) is 6.52 Å². The number of nitrogens with one attached hydrogen (secondary N) is 1. The highest BCUT2D eigenvalue weighted by molar-refractivity contribution is 5.34. The summed E-state index contributed by atoms with van der Waals surface area (Å²) >= 11 is 0. The van der Waals surface area contributed by atoms with Gasteiger partial charge in [0.1, 0.15) is 0 Å². The molecule has 0 saturated carbocycles. The first-order chi connectivity index (χ1) is 8.15. The van der Waals surface area contributed by atoms with Crippen LogP contribution in [-0.2, 0) is 0 Å². The Morgan fingerprint density at radius 1 is 1.31 bits per heavy atom. The fraction of sp³-hybridized carbons (Fsp3) is 0.667. The Morgan fingerprint density at radius 3 is 2.69 bits per heavy atom. The summed E-state index contributed by atoms with van der Waals surface area (Å²) in [4.78, 5) is 11.0. The fourth-order valence-corrected chi connectivity index (χ4v) is 2.66. The minimum Gasteiger partial charge on any atom is -0.340 e. The van der Waals surface area contributed by atoms with Gasteiger partial charge in [-0.3, -0.25) is 0 Å². The van der Waals surface area contributed by atoms with Gasteiger partial charge in [0, 0.05) is 38.9 Å². The number of hydrogen-bond acceptors (Lipinski definition) is 4. The van der Waals surface area contributed by atoms with Crippen molar-refractivity contribution in [1.29, 1.82) is 0 Å². The molecule has 0 aliphatic carbocycles. The standard InChI is InChI=1S/C12H18N4/c1-8-3-9(2)15-12(14-8)16-6-10-4-13-5-11(10)7-16/h3,10-11,13H,4-7H2,1-2H3/i6D. The van der Waals surface area contributed by atoms with E-state index in [1.54, 1.807) is 0 Å². The maximum absolute atomic E-state index is 8.30. The monoisotopic (exact) mass is 219 g/mol. The molecule has 3 heterocycles. The molecule has 86 valence electrons. The molecule has 1 aromatic heterocycles. The largest absolute Gasteiger partial charge is 0.340 e. The predicted octanol–water partition coefficient (Wildman–Crippen LogP) is 0.749. The van der Waals surface area contributed by atoms with Crippen LogP contribution in [0.25, 0.3) is 0 Å². The topological polar surface area (TPSA) is 41.0 Å². The lowest BCUT2D eigenvalue weighted by Crippen LogP contribution is -2.27. The third-order valence-electron chi connectivity index (χ3n) is 3.42. The first-order valence-electron chi connectivity index (χ1n) is 6.45. The van der Waals surface area contributed by atoms with Crippen molar-refractivity contribution < 1.29 is 1.37 Å². The van der Waals surface area contributed by atoms with Crippen LogP contribution in [0.15, 0.2) is 6.07 Å². The van der Waals surface area contributed by atoms with Crippen LogP contribution < -0.4 is 10.2 Å². The van der Waals surface area contributed by atoms with Gasteiger partial charge in [0.2, 0.25) is 5.95 Å². The van der Waals surface area contributed by atoms with Gasteiger partial charge >= 0.3 is 0 Å². The Bertz CT molecular complexity index is 416. The van der Waals surface area contributed by atoms with Gasteiger partial charge in [0.15, 0.2) is 0 Å². The van der Waals surface area contributed by atoms with Crippen LogP contribution in [0.5, 0.6) is 0 Å². The maximum Gasteiger partial charge on any atom is 0.225 e. The van der Waals surface area contributed by atoms with E-state index in [9.17, 15) is 0 Å². The van der Waals surface area contributed by atoms with Gasteiger partial charge < -0.3 is 10.2 Å². The summed E-state index contributed by atoms with van der Waals surface area (Å²) in [5.74, 6) is 1.75. The van der Waals surface area contributed by atoms with Crippen molar-refractivity contribution >= 4 is 5.95 Å². The van der Waals surface area contributed by atoms with Crippen molar-refractivity contribution in [3.05, 3.63) is 17.5 Å². The first-order valence-corrected chi connectivity index (χ1v) is 5.87. The average Bonchev–Trinajstić information content (AvgIpc) is 2.80. The van der Waals surface area contributed by atoms with Crippen LogP contribution in [0, 0.1) is 25.7 Å². The van der Waals surface area contributed by atoms with Crippen LogP contribution in [0.3, 0.4) is 0 Å². The van der Waals surface area contributed by atoms with E-state index in [2.05, 4.69) is 20.2 Å². The molecule has 0 radical (unpaired) electrons. The lowest BCUT2D eigenvalue weighted by Gasteiger charge is -2.18. The minimum atomic E-state index is -0.198. The average molecular weight is 219 g/mol. The molecule has 16 heavy (non-hydrogen) atoms. The number of hydrogen-bond donors (Lipinski definition) is 1. The maximum atomic E-state index is 8.30. The molecule has 1 aromatic rings. The summed E-state index contributed by atoms with van der Waals surface area (Å²) in [5, 5.41) is 3.36. The van der Waals surface area contributed by atoms with E-state index < -0.39 is 0 Å². The first kappa shape index (κ1) is 8.93. The number of aromatic nitrogens is 2. The van der Waals surface area contributed by atoms with Crippen molar-refractivity contribution in [2.75, 3.05) is 31.1 Å². The number of rotatable bonds is 1. The molecular weight excluding hydrogens is 200 g/mol. The van der Waals surface area contributed by atoms with Crippen LogP contribution in [0.4, 0.5) is 5.95 Å². The second-order valence-electron chi connectivity index (χ2n) is 4.83. The van der Waals surface area contributed by atoms with Gasteiger partial charge in [-0.2, -0.15) is 0 Å².